The lowest BCUT2D eigenvalue weighted by atomic mass is 10.2. The van der Waals surface area contributed by atoms with Crippen LogP contribution in [0.25, 0.3) is 0 Å². The quantitative estimate of drug-likeness (QED) is 0.285. The molecule has 0 fully saturated rings. The van der Waals surface area contributed by atoms with Gasteiger partial charge in [0, 0.05) is 18.2 Å². The van der Waals surface area contributed by atoms with E-state index in [4.69, 9.17) is 4.74 Å². The van der Waals surface area contributed by atoms with E-state index in [0.717, 1.165) is 19.3 Å². The van der Waals surface area contributed by atoms with Gasteiger partial charge in [0.05, 0.1) is 0 Å². The van der Waals surface area contributed by atoms with Gasteiger partial charge in [-0.15, -0.1) is 0 Å². The number of carbonyl (C=O) groups is 1. The molecule has 0 saturated heterocycles. The van der Waals surface area contributed by atoms with Crippen LogP contribution in [0.15, 0.2) is 36.5 Å². The molecule has 19 heavy (non-hydrogen) atoms. The minimum Gasteiger partial charge on any atom is -0.461 e. The fraction of sp³-hybridized carbons (Fsp3) is 0.562. The van der Waals surface area contributed by atoms with Crippen molar-refractivity contribution in [2.24, 2.45) is 0 Å². The maximum absolute atomic E-state index is 11.1. The van der Waals surface area contributed by atoms with Gasteiger partial charge in [-0.1, -0.05) is 30.9 Å². The topological polar surface area (TPSA) is 38.3 Å². The minimum atomic E-state index is -0.321. The first kappa shape index (κ1) is 17.6. The zero-order valence-electron chi connectivity index (χ0n) is 12.4. The zero-order chi connectivity index (χ0) is 14.5. The Balaban J connectivity index is 3.51. The lowest BCUT2D eigenvalue weighted by Crippen LogP contribution is -2.29. The van der Waals surface area contributed by atoms with Crippen LogP contribution in [-0.4, -0.2) is 25.2 Å². The van der Waals surface area contributed by atoms with Crippen LogP contribution in [0.2, 0.25) is 0 Å². The van der Waals surface area contributed by atoms with Gasteiger partial charge in [-0.25, -0.2) is 4.79 Å². The van der Waals surface area contributed by atoms with Crippen molar-refractivity contribution in [3.05, 3.63) is 36.5 Å². The van der Waals surface area contributed by atoms with Crippen LogP contribution in [0.5, 0.6) is 0 Å². The Morgan fingerprint density at radius 3 is 2.63 bits per heavy atom. The van der Waals surface area contributed by atoms with Crippen molar-refractivity contribution in [2.75, 3.05) is 13.2 Å². The average Bonchev–Trinajstić information content (AvgIpc) is 2.38. The Kier molecular flexibility index (Phi) is 10.9. The van der Waals surface area contributed by atoms with Crippen LogP contribution >= 0.6 is 0 Å². The predicted molar refractivity (Wildman–Crippen MR) is 81.0 cm³/mol. The summed E-state index contributed by atoms with van der Waals surface area (Å²) in [6.45, 7) is 10.4. The number of esters is 1. The molecule has 0 rings (SSSR count). The van der Waals surface area contributed by atoms with Crippen LogP contribution < -0.4 is 5.32 Å². The molecule has 3 nitrogen and oxygen atoms in total. The van der Waals surface area contributed by atoms with Crippen LogP contribution in [0.1, 0.15) is 40.0 Å². The first-order valence-corrected chi connectivity index (χ1v) is 6.90. The largest absolute Gasteiger partial charge is 0.461 e. The summed E-state index contributed by atoms with van der Waals surface area (Å²) in [4.78, 5) is 11.1. The molecular formula is C16H27NO2. The van der Waals surface area contributed by atoms with E-state index in [2.05, 4.69) is 43.1 Å². The fourth-order valence-corrected chi connectivity index (χ4v) is 1.43. The summed E-state index contributed by atoms with van der Waals surface area (Å²) in [7, 11) is 0. The Morgan fingerprint density at radius 2 is 2.00 bits per heavy atom. The predicted octanol–water partition coefficient (Wildman–Crippen LogP) is 3.39. The summed E-state index contributed by atoms with van der Waals surface area (Å²) >= 11 is 0. The molecule has 1 N–H and O–H groups in total. The van der Waals surface area contributed by atoms with Crippen molar-refractivity contribution >= 4 is 5.97 Å². The molecule has 0 aliphatic heterocycles. The van der Waals surface area contributed by atoms with E-state index in [1.54, 1.807) is 6.92 Å². The van der Waals surface area contributed by atoms with Gasteiger partial charge in [0.1, 0.15) is 6.61 Å². The number of rotatable bonds is 10. The summed E-state index contributed by atoms with van der Waals surface area (Å²) < 4.78 is 5.00. The second-order valence-electron chi connectivity index (χ2n) is 4.62. The molecule has 0 aromatic rings. The van der Waals surface area contributed by atoms with Gasteiger partial charge in [-0.05, 0) is 40.0 Å². The van der Waals surface area contributed by atoms with Crippen molar-refractivity contribution in [3.8, 4) is 0 Å². The molecule has 0 aliphatic rings. The van der Waals surface area contributed by atoms with Gasteiger partial charge in [0.25, 0.3) is 0 Å². The number of nitrogens with one attached hydrogen (secondary N) is 1. The second-order valence-corrected chi connectivity index (χ2v) is 4.62. The third-order valence-electron chi connectivity index (χ3n) is 2.57. The maximum Gasteiger partial charge on any atom is 0.333 e. The highest BCUT2D eigenvalue weighted by Crippen LogP contribution is 1.97. The molecule has 0 saturated carbocycles. The van der Waals surface area contributed by atoms with E-state index in [-0.39, 0.29) is 5.97 Å². The van der Waals surface area contributed by atoms with Gasteiger partial charge in [-0.2, -0.15) is 0 Å². The van der Waals surface area contributed by atoms with E-state index in [9.17, 15) is 4.79 Å². The van der Waals surface area contributed by atoms with Crippen LogP contribution in [0.3, 0.4) is 0 Å². The molecule has 0 aromatic carbocycles. The monoisotopic (exact) mass is 265 g/mol. The summed E-state index contributed by atoms with van der Waals surface area (Å²) in [5, 5.41) is 3.31. The zero-order valence-corrected chi connectivity index (χ0v) is 12.4. The molecule has 0 aliphatic carbocycles. The van der Waals surface area contributed by atoms with Crippen molar-refractivity contribution < 1.29 is 9.53 Å². The van der Waals surface area contributed by atoms with E-state index in [1.165, 1.54) is 0 Å². The smallest absolute Gasteiger partial charge is 0.333 e. The molecular weight excluding hydrogens is 238 g/mol. The third kappa shape index (κ3) is 11.5. The molecule has 0 bridgehead atoms. The Labute approximate surface area is 117 Å². The third-order valence-corrected chi connectivity index (χ3v) is 2.57. The summed E-state index contributed by atoms with van der Waals surface area (Å²) in [6.07, 6.45) is 11.8. The van der Waals surface area contributed by atoms with Gasteiger partial charge in [0.15, 0.2) is 0 Å². The first-order chi connectivity index (χ1) is 9.07. The molecule has 3 heteroatoms. The number of carbonyl (C=O) groups excluding carboxylic acids is 1. The van der Waals surface area contributed by atoms with Gasteiger partial charge in [0.2, 0.25) is 0 Å². The van der Waals surface area contributed by atoms with Crippen molar-refractivity contribution in [3.63, 3.8) is 0 Å². The van der Waals surface area contributed by atoms with Gasteiger partial charge in [-0.3, -0.25) is 0 Å². The van der Waals surface area contributed by atoms with Crippen LogP contribution in [-0.2, 0) is 9.53 Å². The molecule has 0 spiro atoms. The molecule has 0 amide bonds. The Hall–Kier alpha value is -1.35. The molecule has 108 valence electrons. The van der Waals surface area contributed by atoms with E-state index in [1.807, 2.05) is 6.92 Å². The number of hydrogen-bond acceptors (Lipinski definition) is 3. The van der Waals surface area contributed by atoms with Crippen LogP contribution in [0, 0.1) is 0 Å². The second kappa shape index (κ2) is 11.7. The van der Waals surface area contributed by atoms with E-state index < -0.39 is 0 Å². The SMILES string of the molecule is C=C(C)C(=O)OCCNC(C)CC=CCCC=CC. The minimum absolute atomic E-state index is 0.321. The number of hydrogen-bond donors (Lipinski definition) is 1. The lowest BCUT2D eigenvalue weighted by molar-refractivity contribution is -0.138. The first-order valence-electron chi connectivity index (χ1n) is 6.90. The highest BCUT2D eigenvalue weighted by molar-refractivity contribution is 5.86. The number of unbranched alkanes of at least 4 members (excludes halogenated alkanes) is 1. The van der Waals surface area contributed by atoms with Crippen molar-refractivity contribution in [1.29, 1.82) is 0 Å². The highest BCUT2D eigenvalue weighted by Gasteiger charge is 2.03. The van der Waals surface area contributed by atoms with Crippen molar-refractivity contribution in [2.45, 2.75) is 46.1 Å². The average molecular weight is 265 g/mol. The molecule has 0 aromatic heterocycles. The van der Waals surface area contributed by atoms with Crippen LogP contribution in [0.4, 0.5) is 0 Å². The summed E-state index contributed by atoms with van der Waals surface area (Å²) in [5.41, 5.74) is 0.442. The Morgan fingerprint density at radius 1 is 1.32 bits per heavy atom. The van der Waals surface area contributed by atoms with Crippen molar-refractivity contribution in [1.82, 2.24) is 5.32 Å². The standard InChI is InChI=1S/C16H27NO2/c1-5-6-7-8-9-10-11-15(4)17-12-13-19-16(18)14(2)3/h5-6,9-10,15,17H,2,7-8,11-13H2,1,3-4H3. The van der Waals surface area contributed by atoms with E-state index in [0.29, 0.717) is 24.8 Å². The summed E-state index contributed by atoms with van der Waals surface area (Å²) in [6, 6.07) is 0.390. The number of allylic oxidation sites excluding steroid dienone is 3. The molecule has 0 radical (unpaired) electrons. The van der Waals surface area contributed by atoms with Gasteiger partial charge < -0.3 is 10.1 Å². The summed E-state index contributed by atoms with van der Waals surface area (Å²) in [5.74, 6) is -0.321. The normalized spacial score (nSPS) is 13.0. The highest BCUT2D eigenvalue weighted by atomic mass is 16.5. The molecule has 0 heterocycles. The lowest BCUT2D eigenvalue weighted by Gasteiger charge is -2.11. The van der Waals surface area contributed by atoms with Gasteiger partial charge >= 0.3 is 5.97 Å². The molecule has 1 unspecified atom stereocenters. The van der Waals surface area contributed by atoms with E-state index >= 15 is 0 Å². The fourth-order valence-electron chi connectivity index (χ4n) is 1.43. The maximum atomic E-state index is 11.1. The Bertz CT molecular complexity index is 319. The number of ether oxygens (including phenoxy) is 1. The molecule has 1 atom stereocenters.